The molecule has 0 saturated heterocycles. The summed E-state index contributed by atoms with van der Waals surface area (Å²) in [5, 5.41) is 0. The van der Waals surface area contributed by atoms with Gasteiger partial charge in [-0.05, 0) is 83.5 Å². The van der Waals surface area contributed by atoms with Gasteiger partial charge >= 0.3 is 17.9 Å². The highest BCUT2D eigenvalue weighted by Crippen LogP contribution is 2.16. The molecule has 0 aliphatic heterocycles. The van der Waals surface area contributed by atoms with Crippen molar-refractivity contribution in [3.63, 3.8) is 0 Å². The van der Waals surface area contributed by atoms with Crippen molar-refractivity contribution in [2.45, 2.75) is 322 Å². The summed E-state index contributed by atoms with van der Waals surface area (Å²) in [6, 6.07) is 0. The van der Waals surface area contributed by atoms with Crippen LogP contribution in [0.3, 0.4) is 0 Å². The molecule has 0 aromatic carbocycles. The molecule has 71 heavy (non-hydrogen) atoms. The summed E-state index contributed by atoms with van der Waals surface area (Å²) in [4.78, 5) is 38.2. The molecular weight excluding hydrogens is 877 g/mol. The van der Waals surface area contributed by atoms with E-state index in [0.717, 1.165) is 96.3 Å². The normalized spacial score (nSPS) is 12.4. The van der Waals surface area contributed by atoms with Crippen molar-refractivity contribution in [2.75, 3.05) is 13.2 Å². The molecule has 0 aromatic heterocycles. The Hall–Kier alpha value is -2.89. The number of carbonyl (C=O) groups excluding carboxylic acids is 3. The molecule has 412 valence electrons. The lowest BCUT2D eigenvalue weighted by Crippen LogP contribution is -2.30. The van der Waals surface area contributed by atoms with Crippen LogP contribution in [-0.2, 0) is 28.6 Å². The molecule has 0 aliphatic carbocycles. The second-order valence-corrected chi connectivity index (χ2v) is 20.6. The van der Waals surface area contributed by atoms with E-state index in [4.69, 9.17) is 14.2 Å². The Morgan fingerprint density at radius 2 is 0.549 bits per heavy atom. The molecule has 1 unspecified atom stereocenters. The quantitative estimate of drug-likeness (QED) is 0.0261. The van der Waals surface area contributed by atoms with Crippen LogP contribution < -0.4 is 0 Å². The van der Waals surface area contributed by atoms with Gasteiger partial charge < -0.3 is 14.2 Å². The summed E-state index contributed by atoms with van der Waals surface area (Å²) in [6.07, 6.45) is 75.0. The van der Waals surface area contributed by atoms with Crippen molar-refractivity contribution >= 4 is 17.9 Å². The van der Waals surface area contributed by atoms with E-state index in [1.807, 2.05) is 0 Å². The molecule has 0 rings (SSSR count). The van der Waals surface area contributed by atoms with E-state index in [1.54, 1.807) is 0 Å². The van der Waals surface area contributed by atoms with Crippen molar-refractivity contribution in [1.82, 2.24) is 0 Å². The van der Waals surface area contributed by atoms with E-state index in [2.05, 4.69) is 81.5 Å². The van der Waals surface area contributed by atoms with Gasteiger partial charge in [0.15, 0.2) is 6.10 Å². The molecule has 0 aromatic rings. The van der Waals surface area contributed by atoms with Crippen molar-refractivity contribution in [3.8, 4) is 0 Å². The van der Waals surface area contributed by atoms with Crippen LogP contribution in [0.2, 0.25) is 0 Å². The van der Waals surface area contributed by atoms with Crippen LogP contribution in [-0.4, -0.2) is 37.2 Å². The minimum atomic E-state index is -0.781. The number of hydrogen-bond acceptors (Lipinski definition) is 6. The predicted octanol–water partition coefficient (Wildman–Crippen LogP) is 20.8. The molecule has 0 saturated carbocycles. The summed E-state index contributed by atoms with van der Waals surface area (Å²) >= 11 is 0. The third-order valence-electron chi connectivity index (χ3n) is 13.5. The van der Waals surface area contributed by atoms with Crippen molar-refractivity contribution in [3.05, 3.63) is 60.8 Å². The maximum Gasteiger partial charge on any atom is 0.306 e. The van der Waals surface area contributed by atoms with Crippen molar-refractivity contribution in [1.29, 1.82) is 0 Å². The maximum absolute atomic E-state index is 12.9. The van der Waals surface area contributed by atoms with E-state index in [-0.39, 0.29) is 31.1 Å². The summed E-state index contributed by atoms with van der Waals surface area (Å²) < 4.78 is 16.9. The summed E-state index contributed by atoms with van der Waals surface area (Å²) in [6.45, 7) is 6.55. The highest BCUT2D eigenvalue weighted by atomic mass is 16.6. The van der Waals surface area contributed by atoms with Gasteiger partial charge in [0.05, 0.1) is 0 Å². The molecule has 1 atom stereocenters. The lowest BCUT2D eigenvalue weighted by molar-refractivity contribution is -0.167. The van der Waals surface area contributed by atoms with Crippen LogP contribution in [0.5, 0.6) is 0 Å². The molecule has 0 radical (unpaired) electrons. The first-order chi connectivity index (χ1) is 35.0. The monoisotopic (exact) mass is 993 g/mol. The zero-order chi connectivity index (χ0) is 51.4. The van der Waals surface area contributed by atoms with Gasteiger partial charge in [0.25, 0.3) is 0 Å². The van der Waals surface area contributed by atoms with Crippen LogP contribution in [0.1, 0.15) is 316 Å². The Bertz CT molecular complexity index is 1280. The number of hydrogen-bond donors (Lipinski definition) is 0. The number of unbranched alkanes of at least 4 members (excludes halogenated alkanes) is 35. The van der Waals surface area contributed by atoms with Gasteiger partial charge in [-0.1, -0.05) is 274 Å². The van der Waals surface area contributed by atoms with Crippen LogP contribution in [0.25, 0.3) is 0 Å². The Morgan fingerprint density at radius 1 is 0.296 bits per heavy atom. The van der Waals surface area contributed by atoms with Crippen molar-refractivity contribution in [2.24, 2.45) is 0 Å². The van der Waals surface area contributed by atoms with Gasteiger partial charge in [0.2, 0.25) is 0 Å². The number of carbonyl (C=O) groups is 3. The second-order valence-electron chi connectivity index (χ2n) is 20.6. The maximum atomic E-state index is 12.9. The molecule has 6 nitrogen and oxygen atoms in total. The Morgan fingerprint density at radius 3 is 0.873 bits per heavy atom. The minimum Gasteiger partial charge on any atom is -0.462 e. The lowest BCUT2D eigenvalue weighted by atomic mass is 10.0. The van der Waals surface area contributed by atoms with E-state index < -0.39 is 6.10 Å². The van der Waals surface area contributed by atoms with Gasteiger partial charge in [0, 0.05) is 19.3 Å². The minimum absolute atomic E-state index is 0.0777. The smallest absolute Gasteiger partial charge is 0.306 e. The van der Waals surface area contributed by atoms with Crippen LogP contribution >= 0.6 is 0 Å². The Kier molecular flexibility index (Phi) is 57.2. The lowest BCUT2D eigenvalue weighted by Gasteiger charge is -2.18. The van der Waals surface area contributed by atoms with Gasteiger partial charge in [-0.15, -0.1) is 0 Å². The average molecular weight is 994 g/mol. The highest BCUT2D eigenvalue weighted by molar-refractivity contribution is 5.71. The fourth-order valence-corrected chi connectivity index (χ4v) is 8.90. The van der Waals surface area contributed by atoms with Crippen molar-refractivity contribution < 1.29 is 28.6 Å². The third-order valence-corrected chi connectivity index (χ3v) is 13.5. The molecule has 0 fully saturated rings. The van der Waals surface area contributed by atoms with Gasteiger partial charge in [-0.2, -0.15) is 0 Å². The first-order valence-electron chi connectivity index (χ1n) is 30.8. The Balaban J connectivity index is 4.34. The third kappa shape index (κ3) is 57.9. The summed E-state index contributed by atoms with van der Waals surface area (Å²) in [7, 11) is 0. The topological polar surface area (TPSA) is 78.9 Å². The van der Waals surface area contributed by atoms with Gasteiger partial charge in [0.1, 0.15) is 13.2 Å². The van der Waals surface area contributed by atoms with Gasteiger partial charge in [-0.25, -0.2) is 0 Å². The predicted molar refractivity (Wildman–Crippen MR) is 307 cm³/mol. The fraction of sp³-hybridized carbons (Fsp3) is 0.800. The molecule has 0 aliphatic rings. The molecule has 0 spiro atoms. The number of allylic oxidation sites excluding steroid dienone is 10. The molecule has 0 amide bonds. The summed E-state index contributed by atoms with van der Waals surface area (Å²) in [5.41, 5.74) is 0. The zero-order valence-corrected chi connectivity index (χ0v) is 47.2. The first kappa shape index (κ1) is 68.1. The zero-order valence-electron chi connectivity index (χ0n) is 47.2. The second kappa shape index (κ2) is 59.7. The first-order valence-corrected chi connectivity index (χ1v) is 30.8. The number of ether oxygens (including phenoxy) is 3. The van der Waals surface area contributed by atoms with Crippen LogP contribution in [0.15, 0.2) is 60.8 Å². The largest absolute Gasteiger partial charge is 0.462 e. The van der Waals surface area contributed by atoms with E-state index in [9.17, 15) is 14.4 Å². The SMILES string of the molecule is CC/C=C\C/C=C\C/C=C\C/C=C\CCCCCCCCC(=O)OC(COC(=O)CCCCCCCCCCC/C=C\CCCCCCCCCC)COC(=O)CCCCCCCCCCCCCCC. The Labute approximate surface area is 440 Å². The highest BCUT2D eigenvalue weighted by Gasteiger charge is 2.19. The standard InChI is InChI=1S/C65H116O6/c1-4-7-10-13-16-19-22-25-27-29-31-32-34-35-37-40-43-46-49-52-55-58-64(67)70-61-62(60-69-63(66)57-54-51-48-45-42-39-24-21-18-15-12-9-6-3)71-65(68)59-56-53-50-47-44-41-38-36-33-30-28-26-23-20-17-14-11-8-5-2/h8,11,17,20,26,28-29,31,33,36,62H,4-7,9-10,12-16,18-19,21-25,27,30,32,34-35,37-61H2,1-3H3/b11-8-,20-17-,28-26-,31-29-,36-33-. The van der Waals surface area contributed by atoms with Crippen LogP contribution in [0.4, 0.5) is 0 Å². The van der Waals surface area contributed by atoms with E-state index >= 15 is 0 Å². The molecule has 0 bridgehead atoms. The van der Waals surface area contributed by atoms with Gasteiger partial charge in [-0.3, -0.25) is 14.4 Å². The fourth-order valence-electron chi connectivity index (χ4n) is 8.90. The number of esters is 3. The molecule has 0 heterocycles. The summed E-state index contributed by atoms with van der Waals surface area (Å²) in [5.74, 6) is -0.878. The van der Waals surface area contributed by atoms with Crippen LogP contribution in [0, 0.1) is 0 Å². The number of rotatable bonds is 56. The average Bonchev–Trinajstić information content (AvgIpc) is 3.37. The molecular formula is C65H116O6. The van der Waals surface area contributed by atoms with E-state index in [0.29, 0.717) is 19.3 Å². The van der Waals surface area contributed by atoms with E-state index in [1.165, 1.54) is 180 Å². The molecule has 0 N–H and O–H groups in total. The molecule has 6 heteroatoms.